The smallest absolute Gasteiger partial charge is 0.251 e. The molecule has 2 heterocycles. The normalized spacial score (nSPS) is 14.2. The van der Waals surface area contributed by atoms with E-state index in [0.717, 1.165) is 30.0 Å². The molecular formula is C19H20ClN3O. The Hall–Kier alpha value is -2.33. The highest BCUT2D eigenvalue weighted by molar-refractivity contribution is 6.32. The molecule has 1 amide bonds. The number of pyridine rings is 1. The summed E-state index contributed by atoms with van der Waals surface area (Å²) in [6, 6.07) is 11.6. The maximum absolute atomic E-state index is 12.4. The van der Waals surface area contributed by atoms with E-state index in [1.54, 1.807) is 6.20 Å². The largest absolute Gasteiger partial charge is 0.351 e. The average Bonchev–Trinajstić information content (AvgIpc) is 2.63. The molecule has 0 saturated carbocycles. The molecule has 0 fully saturated rings. The number of nitrogens with zero attached hydrogens (tertiary/aromatic N) is 2. The van der Waals surface area contributed by atoms with E-state index in [4.69, 9.17) is 11.6 Å². The van der Waals surface area contributed by atoms with Gasteiger partial charge < -0.3 is 10.2 Å². The van der Waals surface area contributed by atoms with E-state index >= 15 is 0 Å². The first kappa shape index (κ1) is 16.5. The number of rotatable bonds is 4. The third kappa shape index (κ3) is 3.77. The monoisotopic (exact) mass is 341 g/mol. The number of amides is 1. The molecule has 3 rings (SSSR count). The second-order valence-corrected chi connectivity index (χ2v) is 6.15. The molecule has 1 aliphatic heterocycles. The van der Waals surface area contributed by atoms with Gasteiger partial charge in [-0.15, -0.1) is 0 Å². The average molecular weight is 342 g/mol. The maximum Gasteiger partial charge on any atom is 0.251 e. The zero-order valence-corrected chi connectivity index (χ0v) is 14.4. The summed E-state index contributed by atoms with van der Waals surface area (Å²) >= 11 is 6.18. The molecule has 0 bridgehead atoms. The lowest BCUT2D eigenvalue weighted by Gasteiger charge is -2.27. The molecule has 2 aromatic rings. The van der Waals surface area contributed by atoms with Gasteiger partial charge in [0.05, 0.1) is 5.02 Å². The van der Waals surface area contributed by atoms with E-state index in [1.807, 2.05) is 42.5 Å². The third-order valence-electron chi connectivity index (χ3n) is 4.16. The molecule has 1 N–H and O–H groups in total. The molecule has 24 heavy (non-hydrogen) atoms. The predicted molar refractivity (Wildman–Crippen MR) is 98.6 cm³/mol. The number of anilines is 2. The molecule has 0 radical (unpaired) electrons. The first-order chi connectivity index (χ1) is 11.7. The first-order valence-corrected chi connectivity index (χ1v) is 8.50. The Morgan fingerprint density at radius 1 is 1.29 bits per heavy atom. The summed E-state index contributed by atoms with van der Waals surface area (Å²) in [5, 5.41) is 3.60. The Bertz CT molecular complexity index is 755. The van der Waals surface area contributed by atoms with Crippen LogP contribution in [0.2, 0.25) is 5.02 Å². The van der Waals surface area contributed by atoms with E-state index in [0.29, 0.717) is 18.0 Å². The summed E-state index contributed by atoms with van der Waals surface area (Å²) in [5.41, 5.74) is 2.89. The maximum atomic E-state index is 12.4. The van der Waals surface area contributed by atoms with Crippen LogP contribution in [0.25, 0.3) is 0 Å². The van der Waals surface area contributed by atoms with Gasteiger partial charge in [0.2, 0.25) is 0 Å². The number of halogens is 1. The molecule has 124 valence electrons. The summed E-state index contributed by atoms with van der Waals surface area (Å²) < 4.78 is 0. The van der Waals surface area contributed by atoms with Crippen molar-refractivity contribution in [2.24, 2.45) is 0 Å². The lowest BCUT2D eigenvalue weighted by atomic mass is 10.1. The fraction of sp³-hybridized carbons (Fsp3) is 0.263. The number of carbonyl (C=O) groups is 1. The van der Waals surface area contributed by atoms with Gasteiger partial charge in [-0.3, -0.25) is 4.79 Å². The molecule has 0 aliphatic carbocycles. The van der Waals surface area contributed by atoms with Crippen LogP contribution in [0.1, 0.15) is 18.9 Å². The Labute approximate surface area is 147 Å². The van der Waals surface area contributed by atoms with Crippen molar-refractivity contribution in [1.29, 1.82) is 0 Å². The van der Waals surface area contributed by atoms with Crippen molar-refractivity contribution >= 4 is 29.0 Å². The number of aryl methyl sites for hydroxylation is 1. The van der Waals surface area contributed by atoms with Crippen LogP contribution >= 0.6 is 11.6 Å². The van der Waals surface area contributed by atoms with E-state index in [9.17, 15) is 4.79 Å². The van der Waals surface area contributed by atoms with Gasteiger partial charge in [0.1, 0.15) is 5.82 Å². The van der Waals surface area contributed by atoms with Crippen LogP contribution in [-0.4, -0.2) is 24.0 Å². The van der Waals surface area contributed by atoms with Crippen molar-refractivity contribution in [3.8, 4) is 0 Å². The van der Waals surface area contributed by atoms with Gasteiger partial charge in [-0.05, 0) is 42.7 Å². The van der Waals surface area contributed by atoms with E-state index in [2.05, 4.69) is 22.1 Å². The highest BCUT2D eigenvalue weighted by Crippen LogP contribution is 2.25. The topological polar surface area (TPSA) is 45.2 Å². The van der Waals surface area contributed by atoms with Crippen LogP contribution < -0.4 is 10.2 Å². The Kier molecular flexibility index (Phi) is 5.16. The summed E-state index contributed by atoms with van der Waals surface area (Å²) in [7, 11) is 0. The van der Waals surface area contributed by atoms with Crippen LogP contribution in [0.15, 0.2) is 54.2 Å². The molecule has 4 nitrogen and oxygen atoms in total. The van der Waals surface area contributed by atoms with E-state index < -0.39 is 0 Å². The quantitative estimate of drug-likeness (QED) is 0.911. The lowest BCUT2D eigenvalue weighted by Crippen LogP contribution is -2.32. The van der Waals surface area contributed by atoms with Crippen molar-refractivity contribution in [2.75, 3.05) is 23.3 Å². The van der Waals surface area contributed by atoms with Crippen LogP contribution in [0, 0.1) is 0 Å². The van der Waals surface area contributed by atoms with Gasteiger partial charge in [0.25, 0.3) is 5.91 Å². The van der Waals surface area contributed by atoms with E-state index in [-0.39, 0.29) is 5.91 Å². The van der Waals surface area contributed by atoms with Crippen LogP contribution in [-0.2, 0) is 11.2 Å². The number of carbonyl (C=O) groups excluding carboxylic acids is 1. The fourth-order valence-electron chi connectivity index (χ4n) is 2.71. The van der Waals surface area contributed by atoms with Crippen molar-refractivity contribution in [3.63, 3.8) is 0 Å². The minimum absolute atomic E-state index is 0.0361. The van der Waals surface area contributed by atoms with E-state index in [1.165, 1.54) is 5.56 Å². The second kappa shape index (κ2) is 7.49. The van der Waals surface area contributed by atoms with Gasteiger partial charge in [-0.2, -0.15) is 0 Å². The highest BCUT2D eigenvalue weighted by Gasteiger charge is 2.19. The second-order valence-electron chi connectivity index (χ2n) is 5.74. The van der Waals surface area contributed by atoms with Crippen molar-refractivity contribution in [1.82, 2.24) is 4.98 Å². The Morgan fingerprint density at radius 2 is 2.08 bits per heavy atom. The van der Waals surface area contributed by atoms with Crippen LogP contribution in [0.4, 0.5) is 11.5 Å². The number of hydrogen-bond donors (Lipinski definition) is 1. The lowest BCUT2D eigenvalue weighted by molar-refractivity contribution is -0.113. The van der Waals surface area contributed by atoms with Crippen LogP contribution in [0.3, 0.4) is 0 Å². The van der Waals surface area contributed by atoms with Crippen molar-refractivity contribution in [2.45, 2.75) is 19.8 Å². The predicted octanol–water partition coefficient (Wildman–Crippen LogP) is 4.07. The molecule has 1 aliphatic rings. The molecule has 5 heteroatoms. The van der Waals surface area contributed by atoms with Crippen molar-refractivity contribution in [3.05, 3.63) is 64.8 Å². The van der Waals surface area contributed by atoms with Crippen molar-refractivity contribution < 1.29 is 4.79 Å². The van der Waals surface area contributed by atoms with Gasteiger partial charge in [0, 0.05) is 30.5 Å². The molecular weight excluding hydrogens is 322 g/mol. The highest BCUT2D eigenvalue weighted by atomic mass is 35.5. The summed E-state index contributed by atoms with van der Waals surface area (Å²) in [4.78, 5) is 18.8. The summed E-state index contributed by atoms with van der Waals surface area (Å²) in [6.07, 6.45) is 5.34. The number of aromatic nitrogens is 1. The van der Waals surface area contributed by atoms with Gasteiger partial charge >= 0.3 is 0 Å². The molecule has 1 aromatic heterocycles. The van der Waals surface area contributed by atoms with Gasteiger partial charge in [0.15, 0.2) is 0 Å². The minimum atomic E-state index is -0.0361. The SMILES string of the molecule is CCc1ccc(NC(=O)C2=CCN(c3ncccc3Cl)CC2)cc1. The Balaban J connectivity index is 1.63. The third-order valence-corrected chi connectivity index (χ3v) is 4.45. The summed E-state index contributed by atoms with van der Waals surface area (Å²) in [6.45, 7) is 3.47. The molecule has 0 saturated heterocycles. The number of hydrogen-bond acceptors (Lipinski definition) is 3. The molecule has 0 unspecified atom stereocenters. The summed E-state index contributed by atoms with van der Waals surface area (Å²) in [5.74, 6) is 0.732. The Morgan fingerprint density at radius 3 is 2.71 bits per heavy atom. The first-order valence-electron chi connectivity index (χ1n) is 8.12. The zero-order valence-electron chi connectivity index (χ0n) is 13.6. The molecule has 0 spiro atoms. The molecule has 1 aromatic carbocycles. The van der Waals surface area contributed by atoms with Crippen LogP contribution in [0.5, 0.6) is 0 Å². The minimum Gasteiger partial charge on any atom is -0.351 e. The standard InChI is InChI=1S/C19H20ClN3O/c1-2-14-5-7-16(8-6-14)22-19(24)15-9-12-23(13-10-15)18-17(20)4-3-11-21-18/h3-9,11H,2,10,12-13H2,1H3,(H,22,24). The molecule has 0 atom stereocenters. The fourth-order valence-corrected chi connectivity index (χ4v) is 2.95. The number of benzene rings is 1. The van der Waals surface area contributed by atoms with Gasteiger partial charge in [-0.25, -0.2) is 4.98 Å². The number of nitrogens with one attached hydrogen (secondary N) is 1. The zero-order chi connectivity index (χ0) is 16.9. The van der Waals surface area contributed by atoms with Gasteiger partial charge in [-0.1, -0.05) is 36.7 Å².